The van der Waals surface area contributed by atoms with Gasteiger partial charge in [-0.1, -0.05) is 37.6 Å². The number of carbonyl (C=O) groups is 1. The second-order valence-corrected chi connectivity index (χ2v) is 15.8. The van der Waals surface area contributed by atoms with Crippen LogP contribution < -0.4 is 15.2 Å². The van der Waals surface area contributed by atoms with Crippen LogP contribution in [0.2, 0.25) is 5.02 Å². The van der Waals surface area contributed by atoms with E-state index in [4.69, 9.17) is 17.3 Å². The fraction of sp³-hybridized carbons (Fsp3) is 0.323. The highest BCUT2D eigenvalue weighted by Gasteiger charge is 2.44. The third-order valence-electron chi connectivity index (χ3n) is 7.79. The van der Waals surface area contributed by atoms with Crippen molar-refractivity contribution in [2.75, 3.05) is 6.26 Å². The lowest BCUT2D eigenvalue weighted by molar-refractivity contribution is -0.274. The number of primary amides is 1. The Morgan fingerprint density at radius 1 is 0.851 bits per heavy atom. The molecule has 1 aromatic heterocycles. The molecule has 6 nitrogen and oxygen atoms in total. The van der Waals surface area contributed by atoms with Gasteiger partial charge in [0.25, 0.3) is 5.91 Å². The summed E-state index contributed by atoms with van der Waals surface area (Å²) in [6.07, 6.45) is -13.5. The molecule has 0 aliphatic rings. The van der Waals surface area contributed by atoms with Crippen LogP contribution in [0.4, 0.5) is 30.7 Å². The third-order valence-corrected chi connectivity index (χ3v) is 11.3. The van der Waals surface area contributed by atoms with Crippen molar-refractivity contribution < 1.29 is 53.4 Å². The van der Waals surface area contributed by atoms with Crippen LogP contribution in [0.3, 0.4) is 0 Å². The van der Waals surface area contributed by atoms with Crippen molar-refractivity contribution >= 4 is 48.8 Å². The number of halogens is 8. The standard InChI is InChI=1S/C31H27ClF7NO5S2/c1-28(2,18-11-20(44-30(35,36)27(33)34)14-21(12-18)45-31(37,38)39)17-8-15(9-19(32)10-17)24-22-13-16(29(3,4)47(5,42)43)6-7-23(22)46-25(24)26(40)41/h6-14,27H,1-5H3,(H2,40,41). The first-order chi connectivity index (χ1) is 21.3. The van der Waals surface area contributed by atoms with Gasteiger partial charge < -0.3 is 15.2 Å². The fourth-order valence-electron chi connectivity index (χ4n) is 4.79. The van der Waals surface area contributed by atoms with E-state index in [-0.39, 0.29) is 21.0 Å². The number of rotatable bonds is 10. The molecule has 0 atom stereocenters. The highest BCUT2D eigenvalue weighted by atomic mass is 35.5. The topological polar surface area (TPSA) is 95.7 Å². The first kappa shape index (κ1) is 36.3. The van der Waals surface area contributed by atoms with Gasteiger partial charge in [0, 0.05) is 38.4 Å². The summed E-state index contributed by atoms with van der Waals surface area (Å²) in [6, 6.07) is 11.5. The molecule has 0 bridgehead atoms. The quantitative estimate of drug-likeness (QED) is 0.165. The Morgan fingerprint density at radius 3 is 1.96 bits per heavy atom. The number of amides is 1. The minimum absolute atomic E-state index is 0.0939. The second kappa shape index (κ2) is 12.2. The minimum Gasteiger partial charge on any atom is -0.428 e. The smallest absolute Gasteiger partial charge is 0.428 e. The van der Waals surface area contributed by atoms with Crippen molar-refractivity contribution in [3.8, 4) is 22.6 Å². The van der Waals surface area contributed by atoms with Crippen molar-refractivity contribution in [1.82, 2.24) is 0 Å². The number of thiophene rings is 1. The van der Waals surface area contributed by atoms with Crippen LogP contribution >= 0.6 is 22.9 Å². The number of sulfone groups is 1. The zero-order chi connectivity index (χ0) is 35.5. The van der Waals surface area contributed by atoms with Crippen LogP contribution in [0.1, 0.15) is 54.1 Å². The van der Waals surface area contributed by atoms with E-state index in [0.717, 1.165) is 29.7 Å². The maximum atomic E-state index is 13.8. The molecule has 0 radical (unpaired) electrons. The summed E-state index contributed by atoms with van der Waals surface area (Å²) in [7, 11) is -3.60. The lowest BCUT2D eigenvalue weighted by Gasteiger charge is -2.29. The summed E-state index contributed by atoms with van der Waals surface area (Å²) in [6.45, 7) is 6.04. The van der Waals surface area contributed by atoms with Crippen LogP contribution in [0.15, 0.2) is 54.6 Å². The highest BCUT2D eigenvalue weighted by molar-refractivity contribution is 7.91. The number of fused-ring (bicyclic) bond motifs is 1. The number of alkyl halides is 7. The Labute approximate surface area is 274 Å². The van der Waals surface area contributed by atoms with Crippen molar-refractivity contribution in [3.05, 3.63) is 81.2 Å². The molecule has 1 heterocycles. The second-order valence-electron chi connectivity index (χ2n) is 11.7. The van der Waals surface area contributed by atoms with E-state index < -0.39 is 56.3 Å². The number of benzene rings is 3. The molecule has 0 fully saturated rings. The van der Waals surface area contributed by atoms with Crippen LogP contribution in [-0.2, 0) is 20.0 Å². The first-order valence-electron chi connectivity index (χ1n) is 13.5. The maximum absolute atomic E-state index is 13.8. The lowest BCUT2D eigenvalue weighted by Crippen LogP contribution is -2.33. The molecular weight excluding hydrogens is 699 g/mol. The van der Waals surface area contributed by atoms with Gasteiger partial charge in [-0.05, 0) is 72.5 Å². The van der Waals surface area contributed by atoms with Gasteiger partial charge in [0.05, 0.1) is 4.75 Å². The van der Waals surface area contributed by atoms with Gasteiger partial charge in [-0.3, -0.25) is 4.79 Å². The molecule has 3 aromatic carbocycles. The Hall–Kier alpha value is -3.56. The summed E-state index contributed by atoms with van der Waals surface area (Å²) in [5.41, 5.74) is 5.55. The van der Waals surface area contributed by atoms with E-state index in [1.165, 1.54) is 39.8 Å². The number of hydrogen-bond donors (Lipinski definition) is 1. The Morgan fingerprint density at radius 2 is 1.43 bits per heavy atom. The largest absolute Gasteiger partial charge is 0.573 e. The summed E-state index contributed by atoms with van der Waals surface area (Å²) in [5.74, 6) is -2.83. The average molecular weight is 726 g/mol. The molecule has 16 heteroatoms. The maximum Gasteiger partial charge on any atom is 0.573 e. The molecular formula is C31H27ClF7NO5S2. The first-order valence-corrected chi connectivity index (χ1v) is 16.6. The molecule has 0 spiro atoms. The lowest BCUT2D eigenvalue weighted by atomic mass is 9.77. The van der Waals surface area contributed by atoms with Crippen molar-refractivity contribution in [3.63, 3.8) is 0 Å². The predicted octanol–water partition coefficient (Wildman–Crippen LogP) is 9.06. The molecule has 254 valence electrons. The van der Waals surface area contributed by atoms with Gasteiger partial charge in [-0.15, -0.1) is 24.5 Å². The van der Waals surface area contributed by atoms with Crippen LogP contribution in [0, 0.1) is 0 Å². The molecule has 4 rings (SSSR count). The van der Waals surface area contributed by atoms with Crippen molar-refractivity contribution in [2.24, 2.45) is 5.73 Å². The van der Waals surface area contributed by atoms with E-state index in [0.29, 0.717) is 32.8 Å². The molecule has 0 aliphatic carbocycles. The van der Waals surface area contributed by atoms with E-state index in [2.05, 4.69) is 9.47 Å². The number of hydrogen-bond acceptors (Lipinski definition) is 6. The normalized spacial score (nSPS) is 13.3. The summed E-state index contributed by atoms with van der Waals surface area (Å²) >= 11 is 7.55. The van der Waals surface area contributed by atoms with Crippen molar-refractivity contribution in [2.45, 2.75) is 56.8 Å². The molecule has 0 saturated carbocycles. The fourth-order valence-corrected chi connectivity index (χ4v) is 6.64. The number of ether oxygens (including phenoxy) is 2. The predicted molar refractivity (Wildman–Crippen MR) is 165 cm³/mol. The molecule has 4 aromatic rings. The van der Waals surface area contributed by atoms with Gasteiger partial charge in [0.15, 0.2) is 9.84 Å². The molecule has 0 aliphatic heterocycles. The summed E-state index contributed by atoms with van der Waals surface area (Å²) < 4.78 is 125. The Balaban J connectivity index is 1.95. The SMILES string of the molecule is CC(C)(c1cc(OC(F)(F)F)cc(OC(F)(F)C(F)F)c1)c1cc(Cl)cc(-c2c(C(N)=O)sc3ccc(C(C)(C)S(C)(=O)=O)cc23)c1. The van der Waals surface area contributed by atoms with Gasteiger partial charge in [-0.25, -0.2) is 8.42 Å². The van der Waals surface area contributed by atoms with Gasteiger partial charge >= 0.3 is 18.9 Å². The molecule has 1 amide bonds. The molecule has 0 saturated heterocycles. The molecule has 2 N–H and O–H groups in total. The molecule has 0 unspecified atom stereocenters. The number of nitrogens with two attached hydrogens (primary N) is 1. The van der Waals surface area contributed by atoms with Gasteiger partial charge in [-0.2, -0.15) is 17.6 Å². The zero-order valence-electron chi connectivity index (χ0n) is 25.2. The van der Waals surface area contributed by atoms with Crippen molar-refractivity contribution in [1.29, 1.82) is 0 Å². The van der Waals surface area contributed by atoms with Gasteiger partial charge in [0.1, 0.15) is 16.4 Å². The van der Waals surface area contributed by atoms with E-state index >= 15 is 0 Å². The van der Waals surface area contributed by atoms with Crippen LogP contribution in [0.25, 0.3) is 21.2 Å². The zero-order valence-corrected chi connectivity index (χ0v) is 27.6. The van der Waals surface area contributed by atoms with E-state index in [1.807, 2.05) is 0 Å². The Bertz CT molecular complexity index is 1970. The summed E-state index contributed by atoms with van der Waals surface area (Å²) in [4.78, 5) is 12.7. The highest BCUT2D eigenvalue weighted by Crippen LogP contribution is 2.45. The third kappa shape index (κ3) is 7.46. The summed E-state index contributed by atoms with van der Waals surface area (Å²) in [5, 5.41) is 0.561. The Kier molecular flexibility index (Phi) is 9.38. The van der Waals surface area contributed by atoms with Gasteiger partial charge in [0.2, 0.25) is 0 Å². The van der Waals surface area contributed by atoms with E-state index in [9.17, 15) is 43.9 Å². The number of carbonyl (C=O) groups excluding carboxylic acids is 1. The van der Waals surface area contributed by atoms with Crippen LogP contribution in [0.5, 0.6) is 11.5 Å². The van der Waals surface area contributed by atoms with Crippen LogP contribution in [-0.4, -0.2) is 39.5 Å². The average Bonchev–Trinajstić information content (AvgIpc) is 3.30. The monoisotopic (exact) mass is 725 g/mol. The van der Waals surface area contributed by atoms with E-state index in [1.54, 1.807) is 24.3 Å². The molecule has 47 heavy (non-hydrogen) atoms. The minimum atomic E-state index is -5.26.